The highest BCUT2D eigenvalue weighted by Crippen LogP contribution is 2.47. The summed E-state index contributed by atoms with van der Waals surface area (Å²) in [6.07, 6.45) is 2.33. The Morgan fingerprint density at radius 3 is 2.67 bits per heavy atom. The summed E-state index contributed by atoms with van der Waals surface area (Å²) in [4.78, 5) is 16.7. The van der Waals surface area contributed by atoms with Gasteiger partial charge in [0.15, 0.2) is 21.8 Å². The minimum absolute atomic E-state index is 0.155. The van der Waals surface area contributed by atoms with Gasteiger partial charge in [0, 0.05) is 35.3 Å². The molecular formula is C27H25Cl3N4O5. The van der Waals surface area contributed by atoms with Gasteiger partial charge in [-0.2, -0.15) is 5.10 Å². The van der Waals surface area contributed by atoms with Crippen LogP contribution in [0.1, 0.15) is 52.9 Å². The number of fused-ring (bicyclic) bond motifs is 3. The van der Waals surface area contributed by atoms with Crippen LogP contribution in [0.2, 0.25) is 15.3 Å². The molecule has 5 rings (SSSR count). The molecule has 0 fully saturated rings. The maximum absolute atomic E-state index is 12.1. The minimum atomic E-state index is -0.627. The zero-order valence-electron chi connectivity index (χ0n) is 21.4. The average molecular weight is 592 g/mol. The molecule has 0 aliphatic carbocycles. The summed E-state index contributed by atoms with van der Waals surface area (Å²) < 4.78 is 26.6. The molecule has 2 atom stereocenters. The summed E-state index contributed by atoms with van der Waals surface area (Å²) in [5.74, 6) is 1.19. The standard InChI is InChI=1S/C27H25Cl3N4O5/c1-4-38-27(35)15-13-31-33(14-15)11-10-21-26-32-24(29)25(30)34(26)19-9-8-16(28)12-18(19)22(39-21)17-6-5-7-20(36-2)23(17)37-3/h5-9,12-14,21-22H,4,10-11H2,1-3H3/t21-,22-/m1/s1. The first-order chi connectivity index (χ1) is 18.9. The Kier molecular flexibility index (Phi) is 8.04. The number of aryl methyl sites for hydroxylation is 1. The lowest BCUT2D eigenvalue weighted by atomic mass is 9.98. The molecule has 204 valence electrons. The quantitative estimate of drug-likeness (QED) is 0.217. The molecule has 0 N–H and O–H groups in total. The van der Waals surface area contributed by atoms with Crippen molar-refractivity contribution in [3.8, 4) is 17.2 Å². The van der Waals surface area contributed by atoms with E-state index in [-0.39, 0.29) is 16.9 Å². The second-order valence-corrected chi connectivity index (χ2v) is 9.83. The molecule has 39 heavy (non-hydrogen) atoms. The fraction of sp³-hybridized carbons (Fsp3) is 0.296. The van der Waals surface area contributed by atoms with Gasteiger partial charge in [-0.25, -0.2) is 9.78 Å². The van der Waals surface area contributed by atoms with E-state index in [0.29, 0.717) is 40.9 Å². The van der Waals surface area contributed by atoms with Crippen molar-refractivity contribution in [1.82, 2.24) is 19.3 Å². The van der Waals surface area contributed by atoms with Gasteiger partial charge in [0.2, 0.25) is 0 Å². The van der Waals surface area contributed by atoms with Crippen molar-refractivity contribution >= 4 is 40.8 Å². The van der Waals surface area contributed by atoms with E-state index in [9.17, 15) is 4.79 Å². The molecule has 0 bridgehead atoms. The van der Waals surface area contributed by atoms with Crippen LogP contribution in [-0.2, 0) is 16.0 Å². The Labute approximate surface area is 240 Å². The molecule has 0 amide bonds. The predicted octanol–water partition coefficient (Wildman–Crippen LogP) is 6.47. The van der Waals surface area contributed by atoms with E-state index < -0.39 is 18.2 Å². The largest absolute Gasteiger partial charge is 0.493 e. The number of carbonyl (C=O) groups excluding carboxylic acids is 1. The highest BCUT2D eigenvalue weighted by molar-refractivity contribution is 6.40. The normalized spacial score (nSPS) is 16.3. The lowest BCUT2D eigenvalue weighted by Gasteiger charge is -2.25. The van der Waals surface area contributed by atoms with Crippen LogP contribution >= 0.6 is 34.8 Å². The molecule has 2 aromatic heterocycles. The third kappa shape index (κ3) is 5.19. The Morgan fingerprint density at radius 2 is 1.92 bits per heavy atom. The van der Waals surface area contributed by atoms with Gasteiger partial charge in [-0.1, -0.05) is 46.9 Å². The van der Waals surface area contributed by atoms with Crippen LogP contribution in [0.3, 0.4) is 0 Å². The molecule has 1 aliphatic rings. The van der Waals surface area contributed by atoms with E-state index in [1.807, 2.05) is 30.3 Å². The zero-order chi connectivity index (χ0) is 27.7. The molecule has 0 saturated carbocycles. The second kappa shape index (κ2) is 11.5. The Bertz CT molecular complexity index is 1520. The number of para-hydroxylation sites is 1. The number of hydrogen-bond acceptors (Lipinski definition) is 7. The Balaban J connectivity index is 1.59. The number of imidazole rings is 1. The topological polar surface area (TPSA) is 89.6 Å². The van der Waals surface area contributed by atoms with Gasteiger partial charge in [0.05, 0.1) is 38.3 Å². The van der Waals surface area contributed by atoms with E-state index in [0.717, 1.165) is 16.8 Å². The highest BCUT2D eigenvalue weighted by atomic mass is 35.5. The molecular weight excluding hydrogens is 567 g/mol. The summed E-state index contributed by atoms with van der Waals surface area (Å²) in [5, 5.41) is 5.24. The summed E-state index contributed by atoms with van der Waals surface area (Å²) in [7, 11) is 3.16. The van der Waals surface area contributed by atoms with Crippen molar-refractivity contribution in [3.63, 3.8) is 0 Å². The van der Waals surface area contributed by atoms with Gasteiger partial charge in [-0.05, 0) is 31.2 Å². The maximum atomic E-state index is 12.1. The number of esters is 1. The summed E-state index contributed by atoms with van der Waals surface area (Å²) in [5.41, 5.74) is 2.58. The van der Waals surface area contributed by atoms with Crippen LogP contribution in [0.15, 0.2) is 48.8 Å². The van der Waals surface area contributed by atoms with Crippen molar-refractivity contribution in [3.05, 3.63) is 86.6 Å². The molecule has 3 heterocycles. The number of aromatic nitrogens is 4. The molecule has 12 heteroatoms. The second-order valence-electron chi connectivity index (χ2n) is 8.68. The smallest absolute Gasteiger partial charge is 0.341 e. The van der Waals surface area contributed by atoms with Gasteiger partial charge >= 0.3 is 5.97 Å². The lowest BCUT2D eigenvalue weighted by Crippen LogP contribution is -2.15. The third-order valence-electron chi connectivity index (χ3n) is 6.39. The molecule has 0 spiro atoms. The number of ether oxygens (including phenoxy) is 4. The van der Waals surface area contributed by atoms with E-state index in [1.165, 1.54) is 6.20 Å². The van der Waals surface area contributed by atoms with E-state index >= 15 is 0 Å². The first-order valence-corrected chi connectivity index (χ1v) is 13.3. The number of carbonyl (C=O) groups is 1. The van der Waals surface area contributed by atoms with Gasteiger partial charge in [0.25, 0.3) is 0 Å². The SMILES string of the molecule is CCOC(=O)c1cnn(CC[C@H]2O[C@H](c3cccc(OC)c3OC)c3cc(Cl)ccc3-n3c2nc(Cl)c3Cl)c1. The minimum Gasteiger partial charge on any atom is -0.493 e. The van der Waals surface area contributed by atoms with Gasteiger partial charge in [0.1, 0.15) is 18.0 Å². The maximum Gasteiger partial charge on any atom is 0.341 e. The van der Waals surface area contributed by atoms with Crippen LogP contribution in [0.25, 0.3) is 5.69 Å². The first-order valence-electron chi connectivity index (χ1n) is 12.2. The highest BCUT2D eigenvalue weighted by Gasteiger charge is 2.36. The fourth-order valence-electron chi connectivity index (χ4n) is 4.68. The molecule has 4 aromatic rings. The van der Waals surface area contributed by atoms with E-state index in [2.05, 4.69) is 10.1 Å². The van der Waals surface area contributed by atoms with Gasteiger partial charge in [-0.3, -0.25) is 9.25 Å². The number of rotatable bonds is 8. The number of halogens is 3. The van der Waals surface area contributed by atoms with Crippen molar-refractivity contribution in [2.75, 3.05) is 20.8 Å². The van der Waals surface area contributed by atoms with Crippen LogP contribution in [0.5, 0.6) is 11.5 Å². The predicted molar refractivity (Wildman–Crippen MR) is 147 cm³/mol. The number of hydrogen-bond donors (Lipinski definition) is 0. The molecule has 0 saturated heterocycles. The third-order valence-corrected chi connectivity index (χ3v) is 7.33. The van der Waals surface area contributed by atoms with Crippen LogP contribution in [-0.4, -0.2) is 46.1 Å². The van der Waals surface area contributed by atoms with Crippen molar-refractivity contribution in [2.24, 2.45) is 0 Å². The van der Waals surface area contributed by atoms with E-state index in [1.54, 1.807) is 42.7 Å². The lowest BCUT2D eigenvalue weighted by molar-refractivity contribution is -0.00408. The van der Waals surface area contributed by atoms with Crippen LogP contribution < -0.4 is 9.47 Å². The summed E-state index contributed by atoms with van der Waals surface area (Å²) in [6.45, 7) is 2.44. The molecule has 0 radical (unpaired) electrons. The Hall–Kier alpha value is -3.24. The first kappa shape index (κ1) is 27.3. The number of methoxy groups -OCH3 is 2. The molecule has 9 nitrogen and oxygen atoms in total. The van der Waals surface area contributed by atoms with Crippen molar-refractivity contribution in [2.45, 2.75) is 32.1 Å². The number of nitrogens with zero attached hydrogens (tertiary/aromatic N) is 4. The monoisotopic (exact) mass is 590 g/mol. The molecule has 0 unspecified atom stereocenters. The number of benzene rings is 2. The summed E-state index contributed by atoms with van der Waals surface area (Å²) in [6, 6.07) is 11.1. The fourth-order valence-corrected chi connectivity index (χ4v) is 5.26. The van der Waals surface area contributed by atoms with Crippen LogP contribution in [0.4, 0.5) is 0 Å². The van der Waals surface area contributed by atoms with Crippen LogP contribution in [0, 0.1) is 0 Å². The van der Waals surface area contributed by atoms with Gasteiger partial charge in [-0.15, -0.1) is 0 Å². The van der Waals surface area contributed by atoms with E-state index in [4.69, 9.17) is 53.8 Å². The van der Waals surface area contributed by atoms with Gasteiger partial charge < -0.3 is 18.9 Å². The average Bonchev–Trinajstić information content (AvgIpc) is 3.49. The summed E-state index contributed by atoms with van der Waals surface area (Å²) >= 11 is 19.6. The van der Waals surface area contributed by atoms with Crippen molar-refractivity contribution in [1.29, 1.82) is 0 Å². The molecule has 2 aromatic carbocycles. The van der Waals surface area contributed by atoms with Crippen molar-refractivity contribution < 1.29 is 23.7 Å². The Morgan fingerprint density at radius 1 is 1.10 bits per heavy atom. The molecule has 1 aliphatic heterocycles. The zero-order valence-corrected chi connectivity index (χ0v) is 23.6.